The molecule has 0 radical (unpaired) electrons. The zero-order valence-electron chi connectivity index (χ0n) is 16.9. The van der Waals surface area contributed by atoms with Gasteiger partial charge in [0.15, 0.2) is 11.9 Å². The Kier molecular flexibility index (Phi) is 6.25. The minimum absolute atomic E-state index is 0.184. The maximum absolute atomic E-state index is 11.9. The second-order valence-corrected chi connectivity index (χ2v) is 7.75. The van der Waals surface area contributed by atoms with Gasteiger partial charge >= 0.3 is 5.79 Å². The van der Waals surface area contributed by atoms with E-state index in [2.05, 4.69) is 0 Å². The minimum Gasteiger partial charge on any atom is -0.350 e. The van der Waals surface area contributed by atoms with Crippen LogP contribution in [-0.4, -0.2) is 62.5 Å². The molecule has 1 heterocycles. The standard InChI is InChI=1S/C16H26N4O10/c1-3-27-13(28-4-2)12-11-16(18(23)24,19(25)26)20(29-12)30-15(9-6-10-15)14(17(21)22)7-5-8-14/h12-13H,3-11H2,1-2H3. The molecule has 0 amide bonds. The first-order valence-electron chi connectivity index (χ1n) is 10.0. The molecule has 14 heteroatoms. The highest BCUT2D eigenvalue weighted by Crippen LogP contribution is 2.56. The fraction of sp³-hybridized carbons (Fsp3) is 1.00. The van der Waals surface area contributed by atoms with Crippen LogP contribution in [0.15, 0.2) is 0 Å². The molecule has 1 aliphatic heterocycles. The van der Waals surface area contributed by atoms with E-state index in [1.165, 1.54) is 0 Å². The largest absolute Gasteiger partial charge is 0.569 e. The Morgan fingerprint density at radius 3 is 1.83 bits per heavy atom. The van der Waals surface area contributed by atoms with E-state index in [4.69, 9.17) is 19.1 Å². The summed E-state index contributed by atoms with van der Waals surface area (Å²) in [5.41, 5.74) is -2.83. The first kappa shape index (κ1) is 22.7. The van der Waals surface area contributed by atoms with E-state index in [-0.39, 0.29) is 44.1 Å². The molecule has 0 N–H and O–H groups in total. The molecule has 2 aliphatic carbocycles. The maximum atomic E-state index is 11.9. The number of nitro groups is 3. The molecule has 2 saturated carbocycles. The Balaban J connectivity index is 1.94. The smallest absolute Gasteiger partial charge is 0.350 e. The number of ether oxygens (including phenoxy) is 2. The molecule has 0 aromatic carbocycles. The lowest BCUT2D eigenvalue weighted by molar-refractivity contribution is -0.855. The summed E-state index contributed by atoms with van der Waals surface area (Å²) in [7, 11) is 0. The van der Waals surface area contributed by atoms with Crippen LogP contribution in [-0.2, 0) is 19.1 Å². The van der Waals surface area contributed by atoms with Crippen LogP contribution in [0, 0.1) is 30.3 Å². The average Bonchev–Trinajstić information content (AvgIpc) is 2.98. The van der Waals surface area contributed by atoms with Crippen LogP contribution in [0.2, 0.25) is 0 Å². The maximum Gasteiger partial charge on any atom is 0.569 e. The van der Waals surface area contributed by atoms with E-state index in [9.17, 15) is 30.3 Å². The van der Waals surface area contributed by atoms with Gasteiger partial charge in [-0.25, -0.2) is 4.84 Å². The average molecular weight is 434 g/mol. The van der Waals surface area contributed by atoms with Crippen molar-refractivity contribution in [2.45, 2.75) is 88.1 Å². The number of hydroxylamine groups is 2. The molecule has 0 aromatic rings. The third-order valence-corrected chi connectivity index (χ3v) is 6.35. The van der Waals surface area contributed by atoms with Crippen LogP contribution < -0.4 is 0 Å². The van der Waals surface area contributed by atoms with Crippen molar-refractivity contribution in [2.75, 3.05) is 13.2 Å². The van der Waals surface area contributed by atoms with E-state index in [1.54, 1.807) is 13.8 Å². The number of hydrogen-bond donors (Lipinski definition) is 0. The van der Waals surface area contributed by atoms with Gasteiger partial charge in [0.05, 0.1) is 5.23 Å². The SMILES string of the molecule is CCOC(OCC)C1CC([N+](=O)[O-])([N+](=O)[O-])N(OC2(C3([N+](=O)[O-])CCC3)CCC2)O1. The van der Waals surface area contributed by atoms with Crippen molar-refractivity contribution in [3.05, 3.63) is 30.3 Å². The fourth-order valence-electron chi connectivity index (χ4n) is 4.38. The highest BCUT2D eigenvalue weighted by Gasteiger charge is 2.77. The van der Waals surface area contributed by atoms with E-state index in [0.29, 0.717) is 12.8 Å². The van der Waals surface area contributed by atoms with E-state index in [1.807, 2.05) is 0 Å². The molecule has 0 aromatic heterocycles. The summed E-state index contributed by atoms with van der Waals surface area (Å²) in [6, 6.07) is 0. The highest BCUT2D eigenvalue weighted by atomic mass is 17.0. The highest BCUT2D eigenvalue weighted by molar-refractivity contribution is 5.10. The molecule has 3 aliphatic rings. The predicted molar refractivity (Wildman–Crippen MR) is 96.3 cm³/mol. The zero-order chi connectivity index (χ0) is 22.2. The third kappa shape index (κ3) is 3.22. The van der Waals surface area contributed by atoms with Crippen molar-refractivity contribution in [1.82, 2.24) is 5.23 Å². The summed E-state index contributed by atoms with van der Waals surface area (Å²) < 4.78 is 10.8. The first-order chi connectivity index (χ1) is 14.2. The van der Waals surface area contributed by atoms with Crippen molar-refractivity contribution in [2.24, 2.45) is 0 Å². The van der Waals surface area contributed by atoms with Gasteiger partial charge in [0.2, 0.25) is 0 Å². The minimum atomic E-state index is -2.97. The molecule has 3 fully saturated rings. The molecular weight excluding hydrogens is 408 g/mol. The van der Waals surface area contributed by atoms with Crippen molar-refractivity contribution >= 4 is 0 Å². The molecule has 170 valence electrons. The molecule has 30 heavy (non-hydrogen) atoms. The topological polar surface area (TPSA) is 170 Å². The van der Waals surface area contributed by atoms with Gasteiger partial charge in [0, 0.05) is 31.0 Å². The molecular formula is C16H26N4O10. The van der Waals surface area contributed by atoms with Gasteiger partial charge in [0.25, 0.3) is 5.54 Å². The third-order valence-electron chi connectivity index (χ3n) is 6.35. The normalized spacial score (nSPS) is 26.7. The molecule has 14 nitrogen and oxygen atoms in total. The Labute approximate surface area is 171 Å². The van der Waals surface area contributed by atoms with Crippen LogP contribution in [0.25, 0.3) is 0 Å². The first-order valence-corrected chi connectivity index (χ1v) is 10.0. The predicted octanol–water partition coefficient (Wildman–Crippen LogP) is 1.65. The van der Waals surface area contributed by atoms with Crippen molar-refractivity contribution in [1.29, 1.82) is 0 Å². The summed E-state index contributed by atoms with van der Waals surface area (Å²) in [6.07, 6.45) is -0.805. The second-order valence-electron chi connectivity index (χ2n) is 7.75. The molecule has 1 unspecified atom stereocenters. The van der Waals surface area contributed by atoms with Crippen LogP contribution in [0.5, 0.6) is 0 Å². The molecule has 3 rings (SSSR count). The Morgan fingerprint density at radius 1 is 0.967 bits per heavy atom. The van der Waals surface area contributed by atoms with Gasteiger partial charge in [-0.15, -0.1) is 0 Å². The van der Waals surface area contributed by atoms with Gasteiger partial charge in [-0.3, -0.25) is 35.2 Å². The van der Waals surface area contributed by atoms with Crippen LogP contribution >= 0.6 is 0 Å². The molecule has 1 saturated heterocycles. The zero-order valence-corrected chi connectivity index (χ0v) is 16.9. The summed E-state index contributed by atoms with van der Waals surface area (Å²) in [5, 5.41) is 35.8. The lowest BCUT2D eigenvalue weighted by atomic mass is 9.57. The van der Waals surface area contributed by atoms with Crippen molar-refractivity contribution < 1.29 is 33.9 Å². The summed E-state index contributed by atoms with van der Waals surface area (Å²) >= 11 is 0. The molecule has 1 atom stereocenters. The van der Waals surface area contributed by atoms with Gasteiger partial charge < -0.3 is 9.47 Å². The van der Waals surface area contributed by atoms with E-state index >= 15 is 0 Å². The monoisotopic (exact) mass is 434 g/mol. The van der Waals surface area contributed by atoms with Crippen LogP contribution in [0.4, 0.5) is 0 Å². The summed E-state index contributed by atoms with van der Waals surface area (Å²) in [6.45, 7) is 3.71. The van der Waals surface area contributed by atoms with Crippen molar-refractivity contribution in [3.8, 4) is 0 Å². The number of hydrogen-bond acceptors (Lipinski definition) is 11. The van der Waals surface area contributed by atoms with Crippen molar-refractivity contribution in [3.63, 3.8) is 0 Å². The van der Waals surface area contributed by atoms with Gasteiger partial charge in [-0.1, -0.05) is 0 Å². The molecule has 0 bridgehead atoms. The summed E-state index contributed by atoms with van der Waals surface area (Å²) in [5.74, 6) is -2.97. The van der Waals surface area contributed by atoms with Gasteiger partial charge in [0.1, 0.15) is 22.4 Å². The quantitative estimate of drug-likeness (QED) is 0.263. The van der Waals surface area contributed by atoms with Crippen LogP contribution in [0.1, 0.15) is 58.8 Å². The van der Waals surface area contributed by atoms with Gasteiger partial charge in [-0.2, -0.15) is 0 Å². The lowest BCUT2D eigenvalue weighted by Gasteiger charge is -2.53. The van der Waals surface area contributed by atoms with Crippen LogP contribution in [0.3, 0.4) is 0 Å². The Morgan fingerprint density at radius 2 is 1.50 bits per heavy atom. The lowest BCUT2D eigenvalue weighted by Crippen LogP contribution is -2.70. The second kappa shape index (κ2) is 8.26. The van der Waals surface area contributed by atoms with E-state index < -0.39 is 50.5 Å². The van der Waals surface area contributed by atoms with E-state index in [0.717, 1.165) is 0 Å². The summed E-state index contributed by atoms with van der Waals surface area (Å²) in [4.78, 5) is 44.2. The Hall–Kier alpha value is -2.00. The molecule has 0 spiro atoms. The Bertz CT molecular complexity index is 676. The number of nitrogens with zero attached hydrogens (tertiary/aromatic N) is 4. The number of rotatable bonds is 11. The fourth-order valence-corrected chi connectivity index (χ4v) is 4.38. The van der Waals surface area contributed by atoms with Gasteiger partial charge in [-0.05, 0) is 39.5 Å².